The molecule has 80 heavy (non-hydrogen) atoms. The number of aliphatic imine (C=N–C) groups is 2. The lowest BCUT2D eigenvalue weighted by Crippen LogP contribution is -2.45. The van der Waals surface area contributed by atoms with Gasteiger partial charge < -0.3 is 50.8 Å². The Morgan fingerprint density at radius 1 is 0.650 bits per heavy atom. The summed E-state index contributed by atoms with van der Waals surface area (Å²) in [5.74, 6) is 0.203. The number of rotatable bonds is 29. The summed E-state index contributed by atoms with van der Waals surface area (Å²) in [6, 6.07) is 12.6. The van der Waals surface area contributed by atoms with Crippen molar-refractivity contribution in [2.75, 3.05) is 119 Å². The van der Waals surface area contributed by atoms with Crippen molar-refractivity contribution in [1.82, 2.24) is 40.5 Å². The average molecular weight is 1230 g/mol. The zero-order chi connectivity index (χ0) is 57.7. The van der Waals surface area contributed by atoms with E-state index < -0.39 is 32.1 Å². The number of nitrogens with two attached hydrogens (primary N) is 2. The number of sulfonamides is 2. The van der Waals surface area contributed by atoms with Gasteiger partial charge in [0.05, 0.1) is 62.7 Å². The number of fused-ring (bicyclic) bond motifs is 2. The highest BCUT2D eigenvalue weighted by atomic mass is 35.5. The fourth-order valence-corrected chi connectivity index (χ4v) is 12.8. The van der Waals surface area contributed by atoms with Crippen LogP contribution in [0, 0.1) is 5.92 Å². The van der Waals surface area contributed by atoms with E-state index >= 15 is 0 Å². The molecular formula is C52H72Cl4N12O10S2. The first-order valence-electron chi connectivity index (χ1n) is 26.1. The topological polar surface area (TPSA) is 295 Å². The Kier molecular flexibility index (Phi) is 26.0. The zero-order valence-electron chi connectivity index (χ0n) is 44.8. The van der Waals surface area contributed by atoms with Crippen molar-refractivity contribution in [2.24, 2.45) is 27.4 Å². The molecule has 3 atom stereocenters. The van der Waals surface area contributed by atoms with E-state index in [9.17, 15) is 26.4 Å². The number of allylic oxidation sites excluding steroid dienone is 4. The third kappa shape index (κ3) is 20.7. The number of nitrogens with zero attached hydrogens (tertiary/aromatic N) is 4. The molecule has 0 bridgehead atoms. The molecule has 2 aliphatic heterocycles. The van der Waals surface area contributed by atoms with Crippen LogP contribution in [0.2, 0.25) is 20.1 Å². The summed E-state index contributed by atoms with van der Waals surface area (Å²) in [4.78, 5) is 36.7. The van der Waals surface area contributed by atoms with E-state index in [1.165, 1.54) is 0 Å². The molecule has 1 unspecified atom stereocenters. The van der Waals surface area contributed by atoms with Crippen molar-refractivity contribution in [3.63, 3.8) is 0 Å². The van der Waals surface area contributed by atoms with Crippen molar-refractivity contribution in [3.8, 4) is 0 Å². The summed E-state index contributed by atoms with van der Waals surface area (Å²) in [5.41, 5.74) is 15.5. The van der Waals surface area contributed by atoms with Crippen LogP contribution in [0.1, 0.15) is 58.9 Å². The maximum absolute atomic E-state index is 13.3. The maximum Gasteiger partial charge on any atom is 0.318 e. The lowest BCUT2D eigenvalue weighted by molar-refractivity contribution is 0.0520. The second-order valence-corrected chi connectivity index (χ2v) is 24.4. The Labute approximate surface area is 488 Å². The fraction of sp³-hybridized carbons (Fsp3) is 0.500. The molecule has 22 nitrogen and oxygen atoms in total. The smallest absolute Gasteiger partial charge is 0.318 e. The van der Waals surface area contributed by atoms with Crippen LogP contribution < -0.4 is 42.2 Å². The molecule has 28 heteroatoms. The highest BCUT2D eigenvalue weighted by Gasteiger charge is 2.34. The second kappa shape index (κ2) is 32.3. The summed E-state index contributed by atoms with van der Waals surface area (Å²) in [7, 11) is -3.56. The van der Waals surface area contributed by atoms with E-state index in [2.05, 4.69) is 50.5 Å². The molecule has 4 amide bonds. The van der Waals surface area contributed by atoms with E-state index in [1.54, 1.807) is 42.5 Å². The summed E-state index contributed by atoms with van der Waals surface area (Å²) < 4.78 is 80.6. The minimum absolute atomic E-state index is 0.0275. The molecule has 0 fully saturated rings. The minimum Gasteiger partial charge on any atom is -0.378 e. The first kappa shape index (κ1) is 64.5. The number of nitrogens with one attached hydrogen (secondary N) is 6. The van der Waals surface area contributed by atoms with Crippen LogP contribution in [0.4, 0.5) is 9.59 Å². The first-order valence-corrected chi connectivity index (χ1v) is 30.6. The van der Waals surface area contributed by atoms with Gasteiger partial charge in [0.1, 0.15) is 0 Å². The van der Waals surface area contributed by atoms with Crippen LogP contribution in [-0.2, 0) is 52.1 Å². The first-order chi connectivity index (χ1) is 38.3. The Hall–Kier alpha value is -4.64. The van der Waals surface area contributed by atoms with Gasteiger partial charge in [0.15, 0.2) is 11.9 Å². The molecule has 440 valence electrons. The molecule has 1 aliphatic carbocycles. The molecule has 2 heterocycles. The number of hydrogen-bond acceptors (Lipinski definition) is 14. The molecule has 10 N–H and O–H groups in total. The lowest BCUT2D eigenvalue weighted by Gasteiger charge is -2.37. The van der Waals surface area contributed by atoms with Gasteiger partial charge in [-0.15, -0.1) is 0 Å². The van der Waals surface area contributed by atoms with Gasteiger partial charge in [-0.1, -0.05) is 70.7 Å². The summed E-state index contributed by atoms with van der Waals surface area (Å²) in [6.07, 6.45) is 6.97. The number of guanidine groups is 2. The summed E-state index contributed by atoms with van der Waals surface area (Å²) in [6.45, 7) is 5.86. The Morgan fingerprint density at radius 3 is 1.70 bits per heavy atom. The molecule has 0 saturated carbocycles. The van der Waals surface area contributed by atoms with Crippen LogP contribution in [0.3, 0.4) is 0 Å². The van der Waals surface area contributed by atoms with Gasteiger partial charge in [0.2, 0.25) is 20.0 Å². The van der Waals surface area contributed by atoms with Gasteiger partial charge in [-0.25, -0.2) is 35.9 Å². The number of hydrogen-bond donors (Lipinski definition) is 8. The van der Waals surface area contributed by atoms with E-state index in [-0.39, 0.29) is 101 Å². The van der Waals surface area contributed by atoms with Crippen molar-refractivity contribution in [3.05, 3.63) is 120 Å². The van der Waals surface area contributed by atoms with Crippen LogP contribution in [0.15, 0.2) is 86.5 Å². The normalized spacial score (nSPS) is 18.1. The summed E-state index contributed by atoms with van der Waals surface area (Å²) >= 11 is 25.8. The number of likely N-dealkylation sites (N-methyl/N-ethyl adjacent to an activating group) is 2. The fourth-order valence-electron chi connectivity index (χ4n) is 9.35. The van der Waals surface area contributed by atoms with E-state index in [0.29, 0.717) is 90.1 Å². The quantitative estimate of drug-likeness (QED) is 0.0262. The number of halogens is 4. The Bertz CT molecular complexity index is 2940. The zero-order valence-corrected chi connectivity index (χ0v) is 49.4. The van der Waals surface area contributed by atoms with Crippen molar-refractivity contribution in [2.45, 2.75) is 49.1 Å². The van der Waals surface area contributed by atoms with Crippen LogP contribution >= 0.6 is 46.4 Å². The molecule has 3 aromatic rings. The molecular weight excluding hydrogens is 1160 g/mol. The summed E-state index contributed by atoms with van der Waals surface area (Å²) in [5, 5.41) is 13.1. The monoisotopic (exact) mass is 1230 g/mol. The van der Waals surface area contributed by atoms with Gasteiger partial charge in [-0.3, -0.25) is 20.6 Å². The lowest BCUT2D eigenvalue weighted by atomic mass is 9.78. The van der Waals surface area contributed by atoms with Crippen molar-refractivity contribution < 1.29 is 45.4 Å². The van der Waals surface area contributed by atoms with E-state index in [1.807, 2.05) is 38.4 Å². The number of benzene rings is 3. The largest absolute Gasteiger partial charge is 0.378 e. The predicted molar refractivity (Wildman–Crippen MR) is 313 cm³/mol. The van der Waals surface area contributed by atoms with E-state index in [0.717, 1.165) is 34.4 Å². The van der Waals surface area contributed by atoms with Gasteiger partial charge in [0, 0.05) is 97.4 Å². The van der Waals surface area contributed by atoms with Crippen LogP contribution in [-0.4, -0.2) is 170 Å². The number of primary amides is 2. The van der Waals surface area contributed by atoms with Crippen molar-refractivity contribution in [1.29, 1.82) is 0 Å². The molecule has 0 radical (unpaired) electrons. The molecule has 3 aromatic carbocycles. The maximum atomic E-state index is 13.3. The third-order valence-electron chi connectivity index (χ3n) is 13.0. The molecule has 0 aromatic heterocycles. The number of urea groups is 2. The van der Waals surface area contributed by atoms with Gasteiger partial charge in [-0.05, 0) is 110 Å². The van der Waals surface area contributed by atoms with Gasteiger partial charge >= 0.3 is 12.1 Å². The Balaban J connectivity index is 0.785. The van der Waals surface area contributed by atoms with Gasteiger partial charge in [0.25, 0.3) is 0 Å². The SMILES string of the molecule is CN1Cc2c(Cl)cc(Cl)cc2[C@H](c2cccc(S(=O)(=O)NCCOCCOCCNC(=NCCCCN=C(NCCOCCOCCNS(=O)(=O)C3=CC=CC([C@@H]4CN(C)Cc5c(Cl)cc(Cl)cc54)C3)NC(N)=O)NC(N)=O)c2)C1. The number of unbranched alkanes of at least 4 members (excludes halogenated alkanes) is 1. The Morgan fingerprint density at radius 2 is 1.15 bits per heavy atom. The predicted octanol–water partition coefficient (Wildman–Crippen LogP) is 4.84. The molecule has 3 aliphatic rings. The number of carbonyl (C=O) groups excluding carboxylic acids is 2. The molecule has 0 saturated heterocycles. The molecule has 6 rings (SSSR count). The number of carbonyl (C=O) groups is 2. The minimum atomic E-state index is -3.82. The number of amides is 4. The van der Waals surface area contributed by atoms with Crippen LogP contribution in [0.25, 0.3) is 0 Å². The average Bonchev–Trinajstić information content (AvgIpc) is 3.42. The van der Waals surface area contributed by atoms with Gasteiger partial charge in [-0.2, -0.15) is 0 Å². The van der Waals surface area contributed by atoms with E-state index in [4.69, 9.17) is 76.8 Å². The highest BCUT2D eigenvalue weighted by Crippen LogP contribution is 2.43. The van der Waals surface area contributed by atoms with Crippen LogP contribution in [0.5, 0.6) is 0 Å². The second-order valence-electron chi connectivity index (χ2n) is 19.2. The van der Waals surface area contributed by atoms with Crippen molar-refractivity contribution >= 4 is 90.4 Å². The molecule has 0 spiro atoms. The number of ether oxygens (including phenoxy) is 4. The highest BCUT2D eigenvalue weighted by molar-refractivity contribution is 7.93. The third-order valence-corrected chi connectivity index (χ3v) is 17.2. The standard InChI is InChI=1S/C52H72Cl4N12O10S2/c1-67-31-43(41-27-37(53)29-47(55)45(41)33-67)35-7-5-9-39(25-35)79(71,72)63-15-19-77-23-21-75-17-13-61-51(65-49(57)69)59-11-3-4-12-60-52(66-50(58)70)62-14-18-76-22-24-78-20-16-64-80(73,74)40-10-6-8-36(26-40)44-32-68(2)34-46-42(44)28-38(54)30-48(46)56/h5-10,25,27-30,36,43-44,63-64H,3-4,11-24,26,31-34H2,1-2H3,(H4,57,59,61,65,69)(H4,58,60,62,66,70)/t36?,43-,44-/m0/s1.